The molecule has 0 aliphatic carbocycles. The molecular weight excluding hydrogens is 451 g/mol. The molecule has 0 radical (unpaired) electrons. The van der Waals surface area contributed by atoms with E-state index in [1.54, 1.807) is 0 Å². The molecule has 0 aromatic heterocycles. The molecular formula is C22H44AlClN2O6. The van der Waals surface area contributed by atoms with Crippen molar-refractivity contribution < 1.29 is 30.0 Å². The molecule has 2 amide bonds. The molecule has 32 heavy (non-hydrogen) atoms. The second-order valence-corrected chi connectivity index (χ2v) is 11.2. The van der Waals surface area contributed by atoms with E-state index < -0.39 is 49.9 Å². The number of unbranched alkanes of at least 4 members (excludes halogenated alkanes) is 8. The molecule has 4 atom stereocenters. The zero-order valence-electron chi connectivity index (χ0n) is 19.8. The molecule has 0 rings (SSSR count). The minimum absolute atomic E-state index is 0.304. The van der Waals surface area contributed by atoms with E-state index in [-0.39, 0.29) is 12.8 Å². The molecule has 0 spiro atoms. The number of aliphatic hydroxyl groups excluding tert-OH is 4. The van der Waals surface area contributed by atoms with Crippen LogP contribution in [0.25, 0.3) is 0 Å². The second-order valence-electron chi connectivity index (χ2n) is 8.58. The average Bonchev–Trinajstić information content (AvgIpc) is 2.72. The Balaban J connectivity index is 4.09. The van der Waals surface area contributed by atoms with Gasteiger partial charge in [-0.15, -0.1) is 0 Å². The summed E-state index contributed by atoms with van der Waals surface area (Å²) < 4.78 is 4.91. The van der Waals surface area contributed by atoms with Gasteiger partial charge in [-0.3, -0.25) is 9.59 Å². The van der Waals surface area contributed by atoms with E-state index in [4.69, 9.17) is 10.0 Å². The molecule has 0 fully saturated rings. The molecule has 0 aromatic carbocycles. The van der Waals surface area contributed by atoms with Crippen LogP contribution in [0.3, 0.4) is 0 Å². The highest BCUT2D eigenvalue weighted by molar-refractivity contribution is 7.05. The summed E-state index contributed by atoms with van der Waals surface area (Å²) in [6, 6.07) is 0. The van der Waals surface area contributed by atoms with E-state index in [1.807, 2.05) is 0 Å². The van der Waals surface area contributed by atoms with Gasteiger partial charge in [-0.1, -0.05) is 78.1 Å². The molecule has 0 heterocycles. The molecule has 4 unspecified atom stereocenters. The number of carbonyl (C=O) groups is 2. The van der Waals surface area contributed by atoms with Gasteiger partial charge < -0.3 is 29.0 Å². The lowest BCUT2D eigenvalue weighted by atomic mass is 10.0. The van der Waals surface area contributed by atoms with Gasteiger partial charge in [0.25, 0.3) is 0 Å². The highest BCUT2D eigenvalue weighted by Crippen LogP contribution is 2.12. The summed E-state index contributed by atoms with van der Waals surface area (Å²) in [6.07, 6.45) is 6.15. The summed E-state index contributed by atoms with van der Waals surface area (Å²) >= 11 is -2.68. The van der Waals surface area contributed by atoms with Crippen molar-refractivity contribution in [2.75, 3.05) is 0 Å². The molecule has 0 saturated heterocycles. The first kappa shape index (κ1) is 31.6. The highest BCUT2D eigenvalue weighted by atomic mass is 35.6. The van der Waals surface area contributed by atoms with Crippen LogP contribution in [-0.2, 0) is 9.59 Å². The lowest BCUT2D eigenvalue weighted by molar-refractivity contribution is -0.123. The lowest BCUT2D eigenvalue weighted by Crippen LogP contribution is -2.50. The van der Waals surface area contributed by atoms with Crippen LogP contribution in [0.5, 0.6) is 0 Å². The Labute approximate surface area is 202 Å². The molecule has 188 valence electrons. The van der Waals surface area contributed by atoms with Gasteiger partial charge in [0.15, 0.2) is 0 Å². The summed E-state index contributed by atoms with van der Waals surface area (Å²) in [5, 5.41) is 40.0. The van der Waals surface area contributed by atoms with Gasteiger partial charge in [0.2, 0.25) is 11.8 Å². The Morgan fingerprint density at radius 3 is 1.34 bits per heavy atom. The quantitative estimate of drug-likeness (QED) is 0.113. The minimum atomic E-state index is -2.68. The zero-order valence-corrected chi connectivity index (χ0v) is 21.7. The predicted octanol–water partition coefficient (Wildman–Crippen LogP) is 2.39. The van der Waals surface area contributed by atoms with Gasteiger partial charge in [0.1, 0.15) is 0 Å². The maximum atomic E-state index is 12.0. The number of hydrogen-bond acceptors (Lipinski definition) is 6. The van der Waals surface area contributed by atoms with Crippen LogP contribution >= 0.6 is 10.0 Å². The molecule has 0 aliphatic heterocycles. The molecule has 6 N–H and O–H groups in total. The van der Waals surface area contributed by atoms with Crippen molar-refractivity contribution in [2.24, 2.45) is 0 Å². The normalized spacial score (nSPS) is 15.0. The van der Waals surface area contributed by atoms with Crippen molar-refractivity contribution in [2.45, 2.75) is 128 Å². The summed E-state index contributed by atoms with van der Waals surface area (Å²) in [7, 11) is 6.05. The van der Waals surface area contributed by atoms with E-state index in [1.165, 1.54) is 0 Å². The summed E-state index contributed by atoms with van der Waals surface area (Å²) in [5.74, 6) is -1.11. The maximum Gasteiger partial charge on any atom is 0.707 e. The standard InChI is InChI=1S/2C11H23NO3.Al.ClH/c2*1-2-3-4-5-6-7-9(13)10(14)8-11(12)15;;/h2*9-10,13-14H,2-8H2,1H3,(H2,12,15);;1H/q;;+3;/p-3. The second kappa shape index (κ2) is 20.0. The lowest BCUT2D eigenvalue weighted by Gasteiger charge is -2.19. The van der Waals surface area contributed by atoms with E-state index >= 15 is 0 Å². The van der Waals surface area contributed by atoms with Crippen molar-refractivity contribution in [3.05, 3.63) is 0 Å². The van der Waals surface area contributed by atoms with Crippen molar-refractivity contribution >= 4 is 35.5 Å². The molecule has 0 saturated carbocycles. The largest absolute Gasteiger partial charge is 0.707 e. The van der Waals surface area contributed by atoms with Gasteiger partial charge in [0, 0.05) is 0 Å². The summed E-state index contributed by atoms with van der Waals surface area (Å²) in [5.41, 5.74) is 0. The van der Waals surface area contributed by atoms with E-state index in [2.05, 4.69) is 22.4 Å². The number of amides is 2. The fourth-order valence-electron chi connectivity index (χ4n) is 3.39. The summed E-state index contributed by atoms with van der Waals surface area (Å²) in [4.78, 5) is 24.0. The van der Waals surface area contributed by atoms with Crippen LogP contribution in [-0.4, -0.2) is 70.3 Å². The fraction of sp³-hybridized carbons (Fsp3) is 0.909. The van der Waals surface area contributed by atoms with Crippen LogP contribution in [0.2, 0.25) is 0 Å². The smallest absolute Gasteiger partial charge is 0.415 e. The van der Waals surface area contributed by atoms with Gasteiger partial charge in [-0.2, -0.15) is 10.0 Å². The van der Waals surface area contributed by atoms with Crippen molar-refractivity contribution in [1.82, 2.24) is 8.60 Å². The molecule has 0 aromatic rings. The Kier molecular flexibility index (Phi) is 19.8. The third-order valence-electron chi connectivity index (χ3n) is 5.46. The molecule has 10 heteroatoms. The predicted molar refractivity (Wildman–Crippen MR) is 128 cm³/mol. The number of halogens is 1. The van der Waals surface area contributed by atoms with Crippen molar-refractivity contribution in [3.63, 3.8) is 0 Å². The van der Waals surface area contributed by atoms with E-state index in [0.29, 0.717) is 12.8 Å². The van der Waals surface area contributed by atoms with E-state index in [9.17, 15) is 30.0 Å². The topological polar surface area (TPSA) is 139 Å². The fourth-order valence-corrected chi connectivity index (χ4v) is 4.99. The third kappa shape index (κ3) is 17.1. The summed E-state index contributed by atoms with van der Waals surface area (Å²) in [6.45, 7) is 4.24. The van der Waals surface area contributed by atoms with Crippen LogP contribution in [0.4, 0.5) is 0 Å². The molecule has 0 bridgehead atoms. The monoisotopic (exact) mass is 494 g/mol. The number of rotatable bonds is 20. The van der Waals surface area contributed by atoms with Crippen molar-refractivity contribution in [1.29, 1.82) is 0 Å². The zero-order chi connectivity index (χ0) is 24.4. The van der Waals surface area contributed by atoms with Gasteiger partial charge >= 0.3 is 13.7 Å². The number of carbonyl (C=O) groups excluding carboxylic acids is 2. The van der Waals surface area contributed by atoms with Gasteiger partial charge in [0.05, 0.1) is 37.3 Å². The first-order valence-electron chi connectivity index (χ1n) is 12.2. The van der Waals surface area contributed by atoms with Crippen LogP contribution < -0.4 is 8.60 Å². The van der Waals surface area contributed by atoms with Gasteiger partial charge in [-0.05, 0) is 12.8 Å². The molecule has 8 nitrogen and oxygen atoms in total. The SMILES string of the molecule is CCCCCCCC(O)C(O)CC(=O)[NH][Al]([Cl])[NH]C(=O)CC(O)C(O)CCCCCCC. The van der Waals surface area contributed by atoms with Crippen LogP contribution in [0.15, 0.2) is 0 Å². The first-order valence-corrected chi connectivity index (χ1v) is 15.1. The third-order valence-corrected chi connectivity index (χ3v) is 7.27. The maximum absolute atomic E-state index is 12.0. The Morgan fingerprint density at radius 2 is 1.00 bits per heavy atom. The number of hydrogen-bond donors (Lipinski definition) is 6. The van der Waals surface area contributed by atoms with Crippen molar-refractivity contribution in [3.8, 4) is 0 Å². The molecule has 0 aliphatic rings. The van der Waals surface area contributed by atoms with E-state index in [0.717, 1.165) is 64.2 Å². The number of aliphatic hydroxyl groups is 4. The Bertz CT molecular complexity index is 461. The minimum Gasteiger partial charge on any atom is -0.415 e. The Morgan fingerprint density at radius 1 is 0.656 bits per heavy atom. The highest BCUT2D eigenvalue weighted by Gasteiger charge is 2.28. The Hall–Kier alpha value is -0.398. The number of nitrogens with one attached hydrogen (secondary N) is 2. The first-order chi connectivity index (χ1) is 15.2. The van der Waals surface area contributed by atoms with Crippen LogP contribution in [0.1, 0.15) is 104 Å². The van der Waals surface area contributed by atoms with Gasteiger partial charge in [-0.25, -0.2) is 0 Å². The average molecular weight is 495 g/mol. The van der Waals surface area contributed by atoms with Crippen LogP contribution in [0, 0.1) is 0 Å².